The minimum atomic E-state index is -0.798. The van der Waals surface area contributed by atoms with Crippen LogP contribution in [0.15, 0.2) is 48.5 Å². The van der Waals surface area contributed by atoms with E-state index in [1.54, 1.807) is 6.92 Å². The highest BCUT2D eigenvalue weighted by atomic mass is 16.4. The lowest BCUT2D eigenvalue weighted by Gasteiger charge is -2.09. The van der Waals surface area contributed by atoms with Gasteiger partial charge in [-0.2, -0.15) is 0 Å². The third kappa shape index (κ3) is 4.08. The highest BCUT2D eigenvalue weighted by Crippen LogP contribution is 2.48. The number of amides is 1. The Morgan fingerprint density at radius 2 is 1.84 bits per heavy atom. The summed E-state index contributed by atoms with van der Waals surface area (Å²) < 4.78 is 0. The summed E-state index contributed by atoms with van der Waals surface area (Å²) >= 11 is 0. The van der Waals surface area contributed by atoms with E-state index >= 15 is 0 Å². The van der Waals surface area contributed by atoms with Crippen LogP contribution in [-0.4, -0.2) is 17.0 Å². The number of benzene rings is 2. The first-order valence-corrected chi connectivity index (χ1v) is 8.64. The summed E-state index contributed by atoms with van der Waals surface area (Å²) in [5.41, 5.74) is 4.21. The van der Waals surface area contributed by atoms with Crippen molar-refractivity contribution in [3.05, 3.63) is 65.2 Å². The molecule has 1 aliphatic carbocycles. The highest BCUT2D eigenvalue weighted by Gasteiger charge is 2.44. The molecule has 3 unspecified atom stereocenters. The van der Waals surface area contributed by atoms with Crippen LogP contribution < -0.4 is 5.32 Å². The van der Waals surface area contributed by atoms with Crippen molar-refractivity contribution in [3.63, 3.8) is 0 Å². The van der Waals surface area contributed by atoms with Crippen molar-refractivity contribution in [2.75, 3.05) is 5.32 Å². The molecule has 0 saturated heterocycles. The van der Waals surface area contributed by atoms with E-state index in [-0.39, 0.29) is 11.8 Å². The molecule has 0 heterocycles. The quantitative estimate of drug-likeness (QED) is 0.837. The first-order chi connectivity index (χ1) is 12.0. The van der Waals surface area contributed by atoms with Crippen LogP contribution >= 0.6 is 0 Å². The van der Waals surface area contributed by atoms with E-state index in [4.69, 9.17) is 5.11 Å². The molecule has 25 heavy (non-hydrogen) atoms. The van der Waals surface area contributed by atoms with Crippen LogP contribution in [0.5, 0.6) is 0 Å². The lowest BCUT2D eigenvalue weighted by Crippen LogP contribution is -2.15. The minimum Gasteiger partial charge on any atom is -0.481 e. The van der Waals surface area contributed by atoms with Crippen molar-refractivity contribution in [2.45, 2.75) is 32.6 Å². The minimum absolute atomic E-state index is 0.0350. The Kier molecular flexibility index (Phi) is 4.88. The second-order valence-electron chi connectivity index (χ2n) is 6.93. The number of hydrogen-bond donors (Lipinski definition) is 2. The summed E-state index contributed by atoms with van der Waals surface area (Å²) in [5, 5.41) is 11.9. The standard InChI is InChI=1S/C21H23NO3/c1-13-5-3-4-6-17(13)18-12-19(18)20(23)22-16-9-7-15(8-10-16)11-14(2)21(24)25/h3-10,14,18-19H,11-12H2,1-2H3,(H,22,23)(H,24,25). The summed E-state index contributed by atoms with van der Waals surface area (Å²) in [5.74, 6) is -0.806. The van der Waals surface area contributed by atoms with Crippen LogP contribution in [-0.2, 0) is 16.0 Å². The van der Waals surface area contributed by atoms with Crippen LogP contribution in [0.3, 0.4) is 0 Å². The molecule has 0 radical (unpaired) electrons. The van der Waals surface area contributed by atoms with E-state index < -0.39 is 11.9 Å². The fraction of sp³-hybridized carbons (Fsp3) is 0.333. The van der Waals surface area contributed by atoms with Crippen LogP contribution in [0.2, 0.25) is 0 Å². The lowest BCUT2D eigenvalue weighted by atomic mass is 10.0. The molecule has 1 saturated carbocycles. The smallest absolute Gasteiger partial charge is 0.306 e. The summed E-state index contributed by atoms with van der Waals surface area (Å²) in [4.78, 5) is 23.3. The maximum absolute atomic E-state index is 12.4. The number of anilines is 1. The van der Waals surface area contributed by atoms with Gasteiger partial charge in [0.05, 0.1) is 5.92 Å². The number of rotatable bonds is 6. The topological polar surface area (TPSA) is 66.4 Å². The Morgan fingerprint density at radius 1 is 1.16 bits per heavy atom. The van der Waals surface area contributed by atoms with Crippen molar-refractivity contribution in [1.82, 2.24) is 0 Å². The maximum atomic E-state index is 12.4. The third-order valence-corrected chi connectivity index (χ3v) is 4.90. The zero-order chi connectivity index (χ0) is 18.0. The SMILES string of the molecule is Cc1ccccc1C1CC1C(=O)Nc1ccc(CC(C)C(=O)O)cc1. The van der Waals surface area contributed by atoms with Gasteiger partial charge in [0.1, 0.15) is 0 Å². The number of carboxylic acids is 1. The van der Waals surface area contributed by atoms with Crippen molar-refractivity contribution >= 4 is 17.6 Å². The third-order valence-electron chi connectivity index (χ3n) is 4.90. The van der Waals surface area contributed by atoms with Gasteiger partial charge in [0.2, 0.25) is 5.91 Å². The molecule has 3 atom stereocenters. The van der Waals surface area contributed by atoms with E-state index in [0.717, 1.165) is 17.7 Å². The normalized spacial score (nSPS) is 19.9. The second kappa shape index (κ2) is 7.09. The number of carbonyl (C=O) groups excluding carboxylic acids is 1. The maximum Gasteiger partial charge on any atom is 0.306 e. The first-order valence-electron chi connectivity index (χ1n) is 8.64. The first kappa shape index (κ1) is 17.2. The van der Waals surface area contributed by atoms with Gasteiger partial charge in [-0.15, -0.1) is 0 Å². The Labute approximate surface area is 147 Å². The molecule has 0 aliphatic heterocycles. The fourth-order valence-electron chi connectivity index (χ4n) is 3.23. The average molecular weight is 337 g/mol. The predicted octanol–water partition coefficient (Wildman–Crippen LogP) is 4.00. The molecule has 1 amide bonds. The molecule has 2 aromatic rings. The van der Waals surface area contributed by atoms with Gasteiger partial charge in [0, 0.05) is 11.6 Å². The van der Waals surface area contributed by atoms with Crippen molar-refractivity contribution in [3.8, 4) is 0 Å². The number of carboxylic acid groups (broad SMARTS) is 1. The van der Waals surface area contributed by atoms with Crippen LogP contribution in [0.1, 0.15) is 36.0 Å². The molecule has 4 heteroatoms. The molecule has 1 fully saturated rings. The summed E-state index contributed by atoms with van der Waals surface area (Å²) in [6, 6.07) is 15.7. The van der Waals surface area contributed by atoms with Gasteiger partial charge in [0.25, 0.3) is 0 Å². The number of aryl methyl sites for hydroxylation is 1. The van der Waals surface area contributed by atoms with Gasteiger partial charge >= 0.3 is 5.97 Å². The van der Waals surface area contributed by atoms with Gasteiger partial charge in [-0.05, 0) is 54.5 Å². The molecular formula is C21H23NO3. The van der Waals surface area contributed by atoms with Gasteiger partial charge in [-0.25, -0.2) is 0 Å². The van der Waals surface area contributed by atoms with Gasteiger partial charge < -0.3 is 10.4 Å². The second-order valence-corrected chi connectivity index (χ2v) is 6.93. The van der Waals surface area contributed by atoms with E-state index in [1.807, 2.05) is 36.4 Å². The molecule has 0 aromatic heterocycles. The van der Waals surface area contributed by atoms with Gasteiger partial charge in [-0.1, -0.05) is 43.3 Å². The Bertz CT molecular complexity index is 782. The average Bonchev–Trinajstić information content (AvgIpc) is 3.37. The molecule has 3 rings (SSSR count). The monoisotopic (exact) mass is 337 g/mol. The zero-order valence-corrected chi connectivity index (χ0v) is 14.5. The van der Waals surface area contributed by atoms with Crippen molar-refractivity contribution in [1.29, 1.82) is 0 Å². The summed E-state index contributed by atoms with van der Waals surface area (Å²) in [7, 11) is 0. The van der Waals surface area contributed by atoms with E-state index in [0.29, 0.717) is 12.3 Å². The lowest BCUT2D eigenvalue weighted by molar-refractivity contribution is -0.141. The van der Waals surface area contributed by atoms with Crippen LogP contribution in [0.4, 0.5) is 5.69 Å². The molecule has 2 aromatic carbocycles. The number of hydrogen-bond acceptors (Lipinski definition) is 2. The molecule has 2 N–H and O–H groups in total. The molecule has 0 bridgehead atoms. The number of carbonyl (C=O) groups is 2. The molecule has 1 aliphatic rings. The molecule has 4 nitrogen and oxygen atoms in total. The highest BCUT2D eigenvalue weighted by molar-refractivity contribution is 5.95. The van der Waals surface area contributed by atoms with Crippen molar-refractivity contribution in [2.24, 2.45) is 11.8 Å². The molecule has 130 valence electrons. The fourth-order valence-corrected chi connectivity index (χ4v) is 3.23. The Hall–Kier alpha value is -2.62. The number of nitrogens with one attached hydrogen (secondary N) is 1. The van der Waals surface area contributed by atoms with E-state index in [2.05, 4.69) is 24.4 Å². The van der Waals surface area contributed by atoms with E-state index in [9.17, 15) is 9.59 Å². The van der Waals surface area contributed by atoms with Crippen molar-refractivity contribution < 1.29 is 14.7 Å². The molecule has 0 spiro atoms. The van der Waals surface area contributed by atoms with E-state index in [1.165, 1.54) is 11.1 Å². The number of aliphatic carboxylic acids is 1. The van der Waals surface area contributed by atoms with Gasteiger partial charge in [-0.3, -0.25) is 9.59 Å². The van der Waals surface area contributed by atoms with Gasteiger partial charge in [0.15, 0.2) is 0 Å². The predicted molar refractivity (Wildman–Crippen MR) is 97.6 cm³/mol. The Morgan fingerprint density at radius 3 is 2.48 bits per heavy atom. The summed E-state index contributed by atoms with van der Waals surface area (Å²) in [6.07, 6.45) is 1.38. The molecular weight excluding hydrogens is 314 g/mol. The summed E-state index contributed by atoms with van der Waals surface area (Å²) in [6.45, 7) is 3.77. The largest absolute Gasteiger partial charge is 0.481 e. The zero-order valence-electron chi connectivity index (χ0n) is 14.5. The Balaban J connectivity index is 1.57. The van der Waals surface area contributed by atoms with Crippen LogP contribution in [0, 0.1) is 18.8 Å². The van der Waals surface area contributed by atoms with Crippen LogP contribution in [0.25, 0.3) is 0 Å².